The lowest BCUT2D eigenvalue weighted by Gasteiger charge is -2.43. The Kier molecular flexibility index (Phi) is 4.64. The molecule has 1 fully saturated rings. The van der Waals surface area contributed by atoms with Crippen LogP contribution in [-0.2, 0) is 0 Å². The summed E-state index contributed by atoms with van der Waals surface area (Å²) in [5.74, 6) is 5.91. The lowest BCUT2D eigenvalue weighted by Crippen LogP contribution is -2.42. The lowest BCUT2D eigenvalue weighted by molar-refractivity contribution is 0.0968. The Morgan fingerprint density at radius 1 is 1.42 bits per heavy atom. The molecule has 0 aliphatic heterocycles. The molecule has 106 valence electrons. The van der Waals surface area contributed by atoms with Crippen LogP contribution in [0.15, 0.2) is 22.7 Å². The summed E-state index contributed by atoms with van der Waals surface area (Å²) in [5.41, 5.74) is 3.70. The van der Waals surface area contributed by atoms with Gasteiger partial charge in [-0.1, -0.05) is 42.6 Å². The van der Waals surface area contributed by atoms with Crippen LogP contribution in [0.4, 0.5) is 4.39 Å². The highest BCUT2D eigenvalue weighted by molar-refractivity contribution is 9.10. The molecule has 0 aromatic heterocycles. The highest BCUT2D eigenvalue weighted by atomic mass is 79.9. The monoisotopic (exact) mass is 328 g/mol. The number of hydrogen-bond donors (Lipinski definition) is 2. The van der Waals surface area contributed by atoms with E-state index in [-0.39, 0.29) is 17.3 Å². The average Bonchev–Trinajstić information content (AvgIpc) is 2.36. The van der Waals surface area contributed by atoms with E-state index < -0.39 is 0 Å². The fourth-order valence-electron chi connectivity index (χ4n) is 3.31. The molecule has 1 saturated carbocycles. The second-order valence-electron chi connectivity index (χ2n) is 6.15. The lowest BCUT2D eigenvalue weighted by atomic mass is 9.65. The van der Waals surface area contributed by atoms with Crippen LogP contribution in [0.1, 0.15) is 51.1 Å². The van der Waals surface area contributed by atoms with Gasteiger partial charge in [0, 0.05) is 10.0 Å². The maximum absolute atomic E-state index is 14.1. The predicted molar refractivity (Wildman–Crippen MR) is 79.9 cm³/mol. The van der Waals surface area contributed by atoms with Gasteiger partial charge in [0.05, 0.1) is 6.04 Å². The summed E-state index contributed by atoms with van der Waals surface area (Å²) in [6.07, 6.45) is 4.71. The third-order valence-corrected chi connectivity index (χ3v) is 4.96. The quantitative estimate of drug-likeness (QED) is 0.641. The minimum atomic E-state index is -0.187. The van der Waals surface area contributed by atoms with E-state index in [1.54, 1.807) is 6.07 Å². The summed E-state index contributed by atoms with van der Waals surface area (Å²) < 4.78 is 15.0. The van der Waals surface area contributed by atoms with Crippen molar-refractivity contribution in [3.8, 4) is 0 Å². The molecule has 2 rings (SSSR count). The molecule has 4 heteroatoms. The van der Waals surface area contributed by atoms with Crippen molar-refractivity contribution in [2.75, 3.05) is 0 Å². The van der Waals surface area contributed by atoms with Crippen molar-refractivity contribution >= 4 is 15.9 Å². The average molecular weight is 329 g/mol. The summed E-state index contributed by atoms with van der Waals surface area (Å²) >= 11 is 3.41. The molecule has 2 nitrogen and oxygen atoms in total. The first-order chi connectivity index (χ1) is 8.95. The van der Waals surface area contributed by atoms with Crippen LogP contribution in [0.2, 0.25) is 0 Å². The van der Waals surface area contributed by atoms with E-state index in [0.29, 0.717) is 11.5 Å². The van der Waals surface area contributed by atoms with Crippen LogP contribution < -0.4 is 11.3 Å². The third-order valence-electron chi connectivity index (χ3n) is 4.47. The van der Waals surface area contributed by atoms with Gasteiger partial charge in [-0.15, -0.1) is 0 Å². The molecule has 1 aliphatic rings. The van der Waals surface area contributed by atoms with Gasteiger partial charge in [0.1, 0.15) is 5.82 Å². The van der Waals surface area contributed by atoms with Crippen molar-refractivity contribution < 1.29 is 4.39 Å². The molecule has 2 atom stereocenters. The predicted octanol–water partition coefficient (Wildman–Crippen LogP) is 4.31. The Balaban J connectivity index is 2.35. The Bertz CT molecular complexity index is 448. The Hall–Kier alpha value is -0.450. The van der Waals surface area contributed by atoms with E-state index in [1.807, 2.05) is 6.07 Å². The van der Waals surface area contributed by atoms with Gasteiger partial charge >= 0.3 is 0 Å². The molecule has 19 heavy (non-hydrogen) atoms. The first-order valence-electron chi connectivity index (χ1n) is 6.87. The summed E-state index contributed by atoms with van der Waals surface area (Å²) in [5, 5.41) is 0. The first kappa shape index (κ1) is 14.9. The maximum Gasteiger partial charge on any atom is 0.128 e. The van der Waals surface area contributed by atoms with E-state index in [1.165, 1.54) is 25.3 Å². The number of halogens is 2. The number of nitrogens with two attached hydrogens (primary N) is 1. The van der Waals surface area contributed by atoms with Gasteiger partial charge in [0.2, 0.25) is 0 Å². The molecule has 3 N–H and O–H groups in total. The molecule has 2 unspecified atom stereocenters. The van der Waals surface area contributed by atoms with Gasteiger partial charge in [-0.05, 0) is 42.4 Å². The van der Waals surface area contributed by atoms with Crippen molar-refractivity contribution in [2.45, 2.75) is 45.6 Å². The molecular formula is C15H22BrFN2. The number of hydrogen-bond acceptors (Lipinski definition) is 2. The first-order valence-corrected chi connectivity index (χ1v) is 7.66. The van der Waals surface area contributed by atoms with Gasteiger partial charge in [-0.2, -0.15) is 0 Å². The minimum Gasteiger partial charge on any atom is -0.271 e. The Labute approximate surface area is 123 Å². The Morgan fingerprint density at radius 3 is 2.79 bits per heavy atom. The van der Waals surface area contributed by atoms with Gasteiger partial charge in [-0.3, -0.25) is 11.3 Å². The van der Waals surface area contributed by atoms with E-state index >= 15 is 0 Å². The highest BCUT2D eigenvalue weighted by Crippen LogP contribution is 2.47. The van der Waals surface area contributed by atoms with E-state index in [2.05, 4.69) is 35.2 Å². The molecule has 0 saturated heterocycles. The summed E-state index contributed by atoms with van der Waals surface area (Å²) in [6.45, 7) is 4.52. The molecule has 0 bridgehead atoms. The summed E-state index contributed by atoms with van der Waals surface area (Å²) in [4.78, 5) is 0. The molecule has 0 radical (unpaired) electrons. The van der Waals surface area contributed by atoms with E-state index in [0.717, 1.165) is 10.9 Å². The largest absolute Gasteiger partial charge is 0.271 e. The normalized spacial score (nSPS) is 24.2. The number of rotatable bonds is 3. The van der Waals surface area contributed by atoms with Crippen LogP contribution in [0.5, 0.6) is 0 Å². The summed E-state index contributed by atoms with van der Waals surface area (Å²) in [6, 6.07) is 4.93. The van der Waals surface area contributed by atoms with Gasteiger partial charge in [-0.25, -0.2) is 4.39 Å². The smallest absolute Gasteiger partial charge is 0.128 e. The van der Waals surface area contributed by atoms with E-state index in [4.69, 9.17) is 5.84 Å². The van der Waals surface area contributed by atoms with Gasteiger partial charge in [0.25, 0.3) is 0 Å². The second-order valence-corrected chi connectivity index (χ2v) is 7.07. The van der Waals surface area contributed by atoms with Gasteiger partial charge in [0.15, 0.2) is 0 Å². The molecular weight excluding hydrogens is 307 g/mol. The zero-order valence-electron chi connectivity index (χ0n) is 11.5. The Morgan fingerprint density at radius 2 is 2.16 bits per heavy atom. The number of benzene rings is 1. The third kappa shape index (κ3) is 3.18. The number of hydrazine groups is 1. The SMILES string of the molecule is CC1(C)CCCCC1C(NN)c1cc(Br)ccc1F. The maximum atomic E-state index is 14.1. The second kappa shape index (κ2) is 5.90. The van der Waals surface area contributed by atoms with Gasteiger partial charge < -0.3 is 0 Å². The van der Waals surface area contributed by atoms with E-state index in [9.17, 15) is 4.39 Å². The van der Waals surface area contributed by atoms with Crippen LogP contribution in [-0.4, -0.2) is 0 Å². The summed E-state index contributed by atoms with van der Waals surface area (Å²) in [7, 11) is 0. The molecule has 1 aromatic rings. The molecule has 1 aromatic carbocycles. The zero-order chi connectivity index (χ0) is 14.0. The zero-order valence-corrected chi connectivity index (χ0v) is 13.1. The standard InChI is InChI=1S/C15H22BrFN2/c1-15(2)8-4-3-5-12(15)14(19-18)11-9-10(16)6-7-13(11)17/h6-7,9,12,14,19H,3-5,8,18H2,1-2H3. The highest BCUT2D eigenvalue weighted by Gasteiger charge is 2.38. The minimum absolute atomic E-state index is 0.132. The van der Waals surface area contributed by atoms with Crippen molar-refractivity contribution in [3.05, 3.63) is 34.1 Å². The topological polar surface area (TPSA) is 38.0 Å². The van der Waals surface area contributed by atoms with Crippen LogP contribution in [0.3, 0.4) is 0 Å². The molecule has 1 aliphatic carbocycles. The van der Waals surface area contributed by atoms with Crippen molar-refractivity contribution in [3.63, 3.8) is 0 Å². The molecule has 0 spiro atoms. The molecule has 0 heterocycles. The van der Waals surface area contributed by atoms with Crippen LogP contribution in [0, 0.1) is 17.2 Å². The molecule has 0 amide bonds. The van der Waals surface area contributed by atoms with Crippen molar-refractivity contribution in [2.24, 2.45) is 17.2 Å². The van der Waals surface area contributed by atoms with Crippen LogP contribution >= 0.6 is 15.9 Å². The van der Waals surface area contributed by atoms with Crippen LogP contribution in [0.25, 0.3) is 0 Å². The fraction of sp³-hybridized carbons (Fsp3) is 0.600. The number of nitrogens with one attached hydrogen (secondary N) is 1. The fourth-order valence-corrected chi connectivity index (χ4v) is 3.69. The van der Waals surface area contributed by atoms with Crippen molar-refractivity contribution in [1.82, 2.24) is 5.43 Å². The van der Waals surface area contributed by atoms with Crippen molar-refractivity contribution in [1.29, 1.82) is 0 Å².